The van der Waals surface area contributed by atoms with E-state index in [1.807, 2.05) is 18.2 Å². The van der Waals surface area contributed by atoms with Crippen LogP contribution in [0.15, 0.2) is 34.7 Å². The fourth-order valence-electron chi connectivity index (χ4n) is 2.38. The Kier molecular flexibility index (Phi) is 4.61. The van der Waals surface area contributed by atoms with Crippen molar-refractivity contribution in [3.8, 4) is 0 Å². The molecule has 3 heteroatoms. The highest BCUT2D eigenvalue weighted by Crippen LogP contribution is 2.23. The first kappa shape index (κ1) is 14.1. The van der Waals surface area contributed by atoms with Gasteiger partial charge in [0.15, 0.2) is 0 Å². The van der Waals surface area contributed by atoms with Crippen molar-refractivity contribution in [2.45, 2.75) is 39.3 Å². The molecule has 1 aromatic carbocycles. The topological polar surface area (TPSA) is 42.4 Å². The number of hydrogen-bond acceptors (Lipinski definition) is 3. The molecule has 0 bridgehead atoms. The largest absolute Gasteiger partial charge is 0.459 e. The zero-order valence-electron chi connectivity index (χ0n) is 12.1. The van der Waals surface area contributed by atoms with Crippen LogP contribution in [0.25, 0.3) is 11.0 Å². The van der Waals surface area contributed by atoms with E-state index < -0.39 is 0 Å². The lowest BCUT2D eigenvalue weighted by Gasteiger charge is -2.28. The Morgan fingerprint density at radius 3 is 2.63 bits per heavy atom. The fraction of sp³-hybridized carbons (Fsp3) is 0.500. The standard InChI is InChI=1S/C16H24N2O/c1-4-9-18(12(2)3)11-14(17)16-10-13-7-5-6-8-15(13)19-16/h5-8,10,12,14H,4,9,11,17H2,1-3H3. The van der Waals surface area contributed by atoms with Crippen LogP contribution in [0, 0.1) is 0 Å². The molecular formula is C16H24N2O. The number of fused-ring (bicyclic) bond motifs is 1. The highest BCUT2D eigenvalue weighted by molar-refractivity contribution is 5.77. The monoisotopic (exact) mass is 260 g/mol. The minimum absolute atomic E-state index is 0.0682. The Morgan fingerprint density at radius 2 is 2.00 bits per heavy atom. The third kappa shape index (κ3) is 3.37. The van der Waals surface area contributed by atoms with E-state index in [2.05, 4.69) is 37.8 Å². The van der Waals surface area contributed by atoms with Crippen LogP contribution in [0.5, 0.6) is 0 Å². The van der Waals surface area contributed by atoms with E-state index in [1.54, 1.807) is 0 Å². The molecule has 3 nitrogen and oxygen atoms in total. The Hall–Kier alpha value is -1.32. The van der Waals surface area contributed by atoms with E-state index in [-0.39, 0.29) is 6.04 Å². The van der Waals surface area contributed by atoms with Gasteiger partial charge in [0.2, 0.25) is 0 Å². The normalized spacial score (nSPS) is 13.6. The molecule has 19 heavy (non-hydrogen) atoms. The number of para-hydroxylation sites is 1. The van der Waals surface area contributed by atoms with E-state index >= 15 is 0 Å². The summed E-state index contributed by atoms with van der Waals surface area (Å²) in [4.78, 5) is 2.40. The summed E-state index contributed by atoms with van der Waals surface area (Å²) in [6.07, 6.45) is 1.14. The summed E-state index contributed by atoms with van der Waals surface area (Å²) in [5, 5.41) is 1.12. The van der Waals surface area contributed by atoms with Gasteiger partial charge in [-0.3, -0.25) is 4.90 Å². The van der Waals surface area contributed by atoms with Crippen molar-refractivity contribution in [3.05, 3.63) is 36.1 Å². The zero-order valence-corrected chi connectivity index (χ0v) is 12.1. The van der Waals surface area contributed by atoms with Crippen molar-refractivity contribution in [1.82, 2.24) is 4.90 Å². The second-order valence-corrected chi connectivity index (χ2v) is 5.38. The quantitative estimate of drug-likeness (QED) is 0.863. The van der Waals surface area contributed by atoms with Gasteiger partial charge >= 0.3 is 0 Å². The molecule has 0 saturated heterocycles. The summed E-state index contributed by atoms with van der Waals surface area (Å²) in [6, 6.07) is 10.5. The molecule has 2 rings (SSSR count). The van der Waals surface area contributed by atoms with Gasteiger partial charge in [-0.2, -0.15) is 0 Å². The SMILES string of the molecule is CCCN(CC(N)c1cc2ccccc2o1)C(C)C. The van der Waals surface area contributed by atoms with Crippen LogP contribution in [0.1, 0.15) is 39.0 Å². The summed E-state index contributed by atoms with van der Waals surface area (Å²) in [6.45, 7) is 8.53. The first-order valence-corrected chi connectivity index (χ1v) is 7.10. The lowest BCUT2D eigenvalue weighted by molar-refractivity contribution is 0.202. The van der Waals surface area contributed by atoms with Gasteiger partial charge in [0.05, 0.1) is 6.04 Å². The molecule has 1 heterocycles. The molecule has 0 spiro atoms. The third-order valence-electron chi connectivity index (χ3n) is 3.48. The van der Waals surface area contributed by atoms with E-state index in [0.717, 1.165) is 36.2 Å². The Morgan fingerprint density at radius 1 is 1.26 bits per heavy atom. The number of furan rings is 1. The predicted octanol–water partition coefficient (Wildman–Crippen LogP) is 3.55. The molecule has 1 atom stereocenters. The average molecular weight is 260 g/mol. The number of nitrogens with two attached hydrogens (primary N) is 1. The van der Waals surface area contributed by atoms with Crippen LogP contribution >= 0.6 is 0 Å². The highest BCUT2D eigenvalue weighted by atomic mass is 16.3. The number of hydrogen-bond donors (Lipinski definition) is 1. The van der Waals surface area contributed by atoms with Crippen LogP contribution in [0.2, 0.25) is 0 Å². The number of benzene rings is 1. The lowest BCUT2D eigenvalue weighted by Crippen LogP contribution is -2.37. The van der Waals surface area contributed by atoms with Crippen LogP contribution in [-0.4, -0.2) is 24.0 Å². The molecule has 0 aliphatic carbocycles. The van der Waals surface area contributed by atoms with Crippen molar-refractivity contribution in [2.75, 3.05) is 13.1 Å². The fourth-order valence-corrected chi connectivity index (χ4v) is 2.38. The summed E-state index contributed by atoms with van der Waals surface area (Å²) in [5.41, 5.74) is 7.21. The predicted molar refractivity (Wildman–Crippen MR) is 80.1 cm³/mol. The maximum Gasteiger partial charge on any atom is 0.134 e. The van der Waals surface area contributed by atoms with Crippen molar-refractivity contribution in [2.24, 2.45) is 5.73 Å². The summed E-state index contributed by atoms with van der Waals surface area (Å²) >= 11 is 0. The smallest absolute Gasteiger partial charge is 0.134 e. The average Bonchev–Trinajstić information content (AvgIpc) is 2.81. The van der Waals surface area contributed by atoms with Crippen molar-refractivity contribution in [3.63, 3.8) is 0 Å². The number of rotatable bonds is 6. The minimum Gasteiger partial charge on any atom is -0.459 e. The molecule has 2 aromatic rings. The molecule has 104 valence electrons. The Bertz CT molecular complexity index is 485. The summed E-state index contributed by atoms with van der Waals surface area (Å²) < 4.78 is 5.84. The van der Waals surface area contributed by atoms with Gasteiger partial charge in [0, 0.05) is 18.0 Å². The minimum atomic E-state index is -0.0682. The van der Waals surface area contributed by atoms with E-state index in [1.165, 1.54) is 0 Å². The maximum atomic E-state index is 6.29. The number of nitrogens with zero attached hydrogens (tertiary/aromatic N) is 1. The molecule has 0 fully saturated rings. The van der Waals surface area contributed by atoms with Gasteiger partial charge in [0.1, 0.15) is 11.3 Å². The van der Waals surface area contributed by atoms with Crippen LogP contribution < -0.4 is 5.73 Å². The van der Waals surface area contributed by atoms with Gasteiger partial charge in [-0.25, -0.2) is 0 Å². The van der Waals surface area contributed by atoms with E-state index in [4.69, 9.17) is 10.2 Å². The summed E-state index contributed by atoms with van der Waals surface area (Å²) in [5.74, 6) is 0.878. The molecule has 0 amide bonds. The van der Waals surface area contributed by atoms with Gasteiger partial charge in [0.25, 0.3) is 0 Å². The Balaban J connectivity index is 2.11. The van der Waals surface area contributed by atoms with E-state index in [9.17, 15) is 0 Å². The lowest BCUT2D eigenvalue weighted by atomic mass is 10.1. The molecule has 0 saturated carbocycles. The second-order valence-electron chi connectivity index (χ2n) is 5.38. The van der Waals surface area contributed by atoms with Crippen molar-refractivity contribution < 1.29 is 4.42 Å². The molecule has 1 aromatic heterocycles. The van der Waals surface area contributed by atoms with Crippen LogP contribution in [0.4, 0.5) is 0 Å². The highest BCUT2D eigenvalue weighted by Gasteiger charge is 2.17. The molecule has 0 aliphatic heterocycles. The first-order valence-electron chi connectivity index (χ1n) is 7.10. The maximum absolute atomic E-state index is 6.29. The van der Waals surface area contributed by atoms with Crippen molar-refractivity contribution >= 4 is 11.0 Å². The molecule has 2 N–H and O–H groups in total. The van der Waals surface area contributed by atoms with Gasteiger partial charge in [-0.15, -0.1) is 0 Å². The molecule has 0 aliphatic rings. The molecule has 1 unspecified atom stereocenters. The van der Waals surface area contributed by atoms with Crippen LogP contribution in [-0.2, 0) is 0 Å². The first-order chi connectivity index (χ1) is 9.11. The van der Waals surface area contributed by atoms with Gasteiger partial charge in [-0.05, 0) is 38.9 Å². The van der Waals surface area contributed by atoms with Gasteiger partial charge in [-0.1, -0.05) is 25.1 Å². The zero-order chi connectivity index (χ0) is 13.8. The third-order valence-corrected chi connectivity index (χ3v) is 3.48. The van der Waals surface area contributed by atoms with Crippen LogP contribution in [0.3, 0.4) is 0 Å². The molecule has 0 radical (unpaired) electrons. The van der Waals surface area contributed by atoms with Gasteiger partial charge < -0.3 is 10.2 Å². The summed E-state index contributed by atoms with van der Waals surface area (Å²) in [7, 11) is 0. The van der Waals surface area contributed by atoms with E-state index in [0.29, 0.717) is 6.04 Å². The molecular weight excluding hydrogens is 236 g/mol. The van der Waals surface area contributed by atoms with Crippen molar-refractivity contribution in [1.29, 1.82) is 0 Å². The second kappa shape index (κ2) is 6.22. The Labute approximate surface area is 115 Å².